The predicted octanol–water partition coefficient (Wildman–Crippen LogP) is -0.0633. The van der Waals surface area contributed by atoms with Crippen LogP contribution >= 0.6 is 0 Å². The number of hydrogen-bond donors (Lipinski definition) is 1. The Morgan fingerprint density at radius 1 is 1.14 bits per heavy atom. The van der Waals surface area contributed by atoms with Crippen LogP contribution in [-0.4, -0.2) is 55.8 Å². The molecule has 2 atom stereocenters. The Balaban J connectivity index is 1.70. The standard InChI is InChI=1S/C14H22N2O4S/c1-21(19,20)8-2-7-16-12(10-5-6-10)13(17)15-11(14(16)18)9-3-4-9/h9-12H,2-8H2,1H3,(H,15,17). The van der Waals surface area contributed by atoms with Crippen LogP contribution in [0, 0.1) is 11.8 Å². The number of carbonyl (C=O) groups is 2. The Bertz CT molecular complexity index is 551. The van der Waals surface area contributed by atoms with E-state index >= 15 is 0 Å². The van der Waals surface area contributed by atoms with E-state index in [0.29, 0.717) is 13.0 Å². The van der Waals surface area contributed by atoms with Crippen LogP contribution in [0.4, 0.5) is 0 Å². The van der Waals surface area contributed by atoms with Gasteiger partial charge in [-0.1, -0.05) is 0 Å². The van der Waals surface area contributed by atoms with Crippen LogP contribution in [0.15, 0.2) is 0 Å². The van der Waals surface area contributed by atoms with E-state index in [-0.39, 0.29) is 41.5 Å². The zero-order valence-electron chi connectivity index (χ0n) is 12.2. The summed E-state index contributed by atoms with van der Waals surface area (Å²) in [6, 6.07) is -0.766. The highest BCUT2D eigenvalue weighted by Gasteiger charge is 2.51. The van der Waals surface area contributed by atoms with Gasteiger partial charge in [0.05, 0.1) is 5.75 Å². The van der Waals surface area contributed by atoms with Crippen molar-refractivity contribution in [3.8, 4) is 0 Å². The van der Waals surface area contributed by atoms with Gasteiger partial charge in [-0.25, -0.2) is 8.42 Å². The molecule has 7 heteroatoms. The number of sulfone groups is 1. The second kappa shape index (κ2) is 5.26. The SMILES string of the molecule is CS(=O)(=O)CCCN1C(=O)C(C2CC2)NC(=O)C1C1CC1. The summed E-state index contributed by atoms with van der Waals surface area (Å²) in [6.07, 6.45) is 5.52. The van der Waals surface area contributed by atoms with Gasteiger partial charge in [0.15, 0.2) is 0 Å². The maximum atomic E-state index is 12.6. The maximum Gasteiger partial charge on any atom is 0.246 e. The fourth-order valence-electron chi connectivity index (χ4n) is 3.13. The van der Waals surface area contributed by atoms with Gasteiger partial charge in [0, 0.05) is 12.8 Å². The van der Waals surface area contributed by atoms with E-state index in [4.69, 9.17) is 0 Å². The minimum atomic E-state index is -3.03. The van der Waals surface area contributed by atoms with E-state index < -0.39 is 9.84 Å². The first-order chi connectivity index (χ1) is 9.87. The van der Waals surface area contributed by atoms with Crippen molar-refractivity contribution in [1.29, 1.82) is 0 Å². The molecule has 2 amide bonds. The van der Waals surface area contributed by atoms with Crippen molar-refractivity contribution in [2.75, 3.05) is 18.6 Å². The molecule has 3 fully saturated rings. The number of nitrogens with one attached hydrogen (secondary N) is 1. The van der Waals surface area contributed by atoms with Gasteiger partial charge in [0.25, 0.3) is 0 Å². The summed E-state index contributed by atoms with van der Waals surface area (Å²) in [6.45, 7) is 0.365. The highest BCUT2D eigenvalue weighted by atomic mass is 32.2. The maximum absolute atomic E-state index is 12.6. The number of piperazine rings is 1. The molecule has 2 unspecified atom stereocenters. The van der Waals surface area contributed by atoms with Crippen LogP contribution in [0.2, 0.25) is 0 Å². The quantitative estimate of drug-likeness (QED) is 0.744. The lowest BCUT2D eigenvalue weighted by molar-refractivity contribution is -0.150. The molecule has 0 aromatic rings. The zero-order valence-corrected chi connectivity index (χ0v) is 13.1. The normalized spacial score (nSPS) is 30.4. The van der Waals surface area contributed by atoms with Crippen LogP contribution in [-0.2, 0) is 19.4 Å². The van der Waals surface area contributed by atoms with Gasteiger partial charge in [0.2, 0.25) is 11.8 Å². The van der Waals surface area contributed by atoms with E-state index in [1.165, 1.54) is 6.26 Å². The largest absolute Gasteiger partial charge is 0.342 e. The van der Waals surface area contributed by atoms with Crippen molar-refractivity contribution in [1.82, 2.24) is 10.2 Å². The van der Waals surface area contributed by atoms with Crippen LogP contribution in [0.3, 0.4) is 0 Å². The molecule has 118 valence electrons. The molecule has 3 rings (SSSR count). The molecule has 0 bridgehead atoms. The van der Waals surface area contributed by atoms with Crippen LogP contribution < -0.4 is 5.32 Å². The average Bonchev–Trinajstić information content (AvgIpc) is 3.24. The third-order valence-corrected chi connectivity index (χ3v) is 5.56. The molecule has 2 saturated carbocycles. The van der Waals surface area contributed by atoms with E-state index in [0.717, 1.165) is 25.7 Å². The molecule has 0 radical (unpaired) electrons. The van der Waals surface area contributed by atoms with Crippen molar-refractivity contribution >= 4 is 21.7 Å². The highest BCUT2D eigenvalue weighted by Crippen LogP contribution is 2.40. The summed E-state index contributed by atoms with van der Waals surface area (Å²) in [5.41, 5.74) is 0. The third-order valence-electron chi connectivity index (χ3n) is 4.53. The van der Waals surface area contributed by atoms with E-state index in [1.807, 2.05) is 0 Å². The lowest BCUT2D eigenvalue weighted by atomic mass is 10.0. The fourth-order valence-corrected chi connectivity index (χ4v) is 3.79. The van der Waals surface area contributed by atoms with E-state index in [2.05, 4.69) is 5.32 Å². The first kappa shape index (κ1) is 14.8. The Labute approximate surface area is 125 Å². The summed E-state index contributed by atoms with van der Waals surface area (Å²) in [4.78, 5) is 26.6. The van der Waals surface area contributed by atoms with Crippen molar-refractivity contribution in [3.05, 3.63) is 0 Å². The molecule has 21 heavy (non-hydrogen) atoms. The molecule has 2 aliphatic carbocycles. The van der Waals surface area contributed by atoms with E-state index in [9.17, 15) is 18.0 Å². The fraction of sp³-hybridized carbons (Fsp3) is 0.857. The number of carbonyl (C=O) groups excluding carboxylic acids is 2. The lowest BCUT2D eigenvalue weighted by Gasteiger charge is -2.39. The van der Waals surface area contributed by atoms with Crippen molar-refractivity contribution < 1.29 is 18.0 Å². The zero-order chi connectivity index (χ0) is 15.2. The van der Waals surface area contributed by atoms with Gasteiger partial charge in [-0.15, -0.1) is 0 Å². The second-order valence-corrected chi connectivity index (χ2v) is 8.88. The minimum absolute atomic E-state index is 0.0116. The molecule has 6 nitrogen and oxygen atoms in total. The molecule has 1 saturated heterocycles. The molecule has 0 spiro atoms. The van der Waals surface area contributed by atoms with Crippen molar-refractivity contribution in [2.24, 2.45) is 11.8 Å². The molecule has 1 heterocycles. The first-order valence-corrected chi connectivity index (χ1v) is 9.71. The van der Waals surface area contributed by atoms with Gasteiger partial charge in [-0.2, -0.15) is 0 Å². The van der Waals surface area contributed by atoms with Crippen molar-refractivity contribution in [2.45, 2.75) is 44.2 Å². The van der Waals surface area contributed by atoms with Gasteiger partial charge >= 0.3 is 0 Å². The number of hydrogen-bond acceptors (Lipinski definition) is 4. The van der Waals surface area contributed by atoms with Gasteiger partial charge < -0.3 is 10.2 Å². The molecule has 0 aromatic carbocycles. The Morgan fingerprint density at radius 2 is 1.76 bits per heavy atom. The molecule has 1 aliphatic heterocycles. The molecular weight excluding hydrogens is 292 g/mol. The number of rotatable bonds is 6. The second-order valence-electron chi connectivity index (χ2n) is 6.62. The Hall–Kier alpha value is -1.11. The van der Waals surface area contributed by atoms with Gasteiger partial charge in [-0.3, -0.25) is 9.59 Å². The van der Waals surface area contributed by atoms with Crippen molar-refractivity contribution in [3.63, 3.8) is 0 Å². The monoisotopic (exact) mass is 314 g/mol. The Kier molecular flexibility index (Phi) is 3.71. The molecule has 3 aliphatic rings. The smallest absolute Gasteiger partial charge is 0.246 e. The van der Waals surface area contributed by atoms with Crippen LogP contribution in [0.1, 0.15) is 32.1 Å². The summed E-state index contributed by atoms with van der Waals surface area (Å²) >= 11 is 0. The Morgan fingerprint density at radius 3 is 2.29 bits per heavy atom. The topological polar surface area (TPSA) is 83.6 Å². The molecular formula is C14H22N2O4S. The first-order valence-electron chi connectivity index (χ1n) is 7.65. The van der Waals surface area contributed by atoms with Crippen LogP contribution in [0.25, 0.3) is 0 Å². The van der Waals surface area contributed by atoms with E-state index in [1.54, 1.807) is 4.90 Å². The minimum Gasteiger partial charge on any atom is -0.342 e. The summed E-state index contributed by atoms with van der Waals surface area (Å²) in [5, 5.41) is 2.89. The number of amides is 2. The predicted molar refractivity (Wildman–Crippen MR) is 77.2 cm³/mol. The highest BCUT2D eigenvalue weighted by molar-refractivity contribution is 7.90. The molecule has 0 aromatic heterocycles. The summed E-state index contributed by atoms with van der Waals surface area (Å²) in [7, 11) is -3.03. The lowest BCUT2D eigenvalue weighted by Crippen LogP contribution is -2.64. The third kappa shape index (κ3) is 3.39. The van der Waals surface area contributed by atoms with Crippen LogP contribution in [0.5, 0.6) is 0 Å². The van der Waals surface area contributed by atoms with Gasteiger partial charge in [0.1, 0.15) is 21.9 Å². The number of nitrogens with zero attached hydrogens (tertiary/aromatic N) is 1. The average molecular weight is 314 g/mol. The summed E-state index contributed by atoms with van der Waals surface area (Å²) in [5.74, 6) is 0.534. The summed E-state index contributed by atoms with van der Waals surface area (Å²) < 4.78 is 22.5. The molecule has 1 N–H and O–H groups in total. The van der Waals surface area contributed by atoms with Gasteiger partial charge in [-0.05, 0) is 43.9 Å².